The van der Waals surface area contributed by atoms with Gasteiger partial charge in [-0.1, -0.05) is 11.6 Å². The molecule has 0 unspecified atom stereocenters. The van der Waals surface area contributed by atoms with Gasteiger partial charge in [-0.25, -0.2) is 0 Å². The van der Waals surface area contributed by atoms with E-state index in [4.69, 9.17) is 22.6 Å². The van der Waals surface area contributed by atoms with Crippen LogP contribution in [0.25, 0.3) is 0 Å². The number of rotatable bonds is 3. The molecule has 20 heavy (non-hydrogen) atoms. The second-order valence-corrected chi connectivity index (χ2v) is 5.00. The van der Waals surface area contributed by atoms with E-state index in [0.29, 0.717) is 16.4 Å². The first-order valence-corrected chi connectivity index (χ1v) is 6.70. The minimum Gasteiger partial charge on any atom is -0.399 e. The SMILES string of the molecule is N#C/C(=C/N1CCCC1)C(=O)Nc1ccc(N)cc1Cl. The molecule has 1 saturated heterocycles. The molecular weight excluding hydrogens is 276 g/mol. The van der Waals surface area contributed by atoms with E-state index in [9.17, 15) is 4.79 Å². The summed E-state index contributed by atoms with van der Waals surface area (Å²) in [6.07, 6.45) is 3.77. The molecule has 1 aromatic carbocycles. The molecule has 1 aromatic rings. The Morgan fingerprint density at radius 2 is 2.15 bits per heavy atom. The summed E-state index contributed by atoms with van der Waals surface area (Å²) in [5.41, 5.74) is 6.61. The van der Waals surface area contributed by atoms with Crippen LogP contribution in [0.15, 0.2) is 30.0 Å². The highest BCUT2D eigenvalue weighted by Gasteiger charge is 2.15. The van der Waals surface area contributed by atoms with Crippen LogP contribution in [0.5, 0.6) is 0 Å². The van der Waals surface area contributed by atoms with Gasteiger partial charge in [-0.05, 0) is 31.0 Å². The number of hydrogen-bond donors (Lipinski definition) is 2. The van der Waals surface area contributed by atoms with Crippen molar-refractivity contribution in [1.29, 1.82) is 5.26 Å². The minimum atomic E-state index is -0.467. The van der Waals surface area contributed by atoms with Gasteiger partial charge in [0.2, 0.25) is 0 Å². The molecule has 0 aliphatic carbocycles. The number of nitrogen functional groups attached to an aromatic ring is 1. The smallest absolute Gasteiger partial charge is 0.267 e. The van der Waals surface area contributed by atoms with Crippen LogP contribution in [0.1, 0.15) is 12.8 Å². The highest BCUT2D eigenvalue weighted by Crippen LogP contribution is 2.24. The number of nitrogens with two attached hydrogens (primary N) is 1. The third-order valence-corrected chi connectivity index (χ3v) is 3.37. The number of halogens is 1. The van der Waals surface area contributed by atoms with Crippen molar-refractivity contribution in [3.63, 3.8) is 0 Å². The first-order valence-electron chi connectivity index (χ1n) is 6.32. The van der Waals surface area contributed by atoms with E-state index >= 15 is 0 Å². The number of amides is 1. The number of anilines is 2. The zero-order valence-electron chi connectivity index (χ0n) is 10.9. The maximum atomic E-state index is 12.1. The number of carbonyl (C=O) groups excluding carboxylic acids is 1. The van der Waals surface area contributed by atoms with Crippen molar-refractivity contribution < 1.29 is 4.79 Å². The van der Waals surface area contributed by atoms with Crippen LogP contribution < -0.4 is 11.1 Å². The Kier molecular flexibility index (Phi) is 4.49. The Bertz CT molecular complexity index is 585. The van der Waals surface area contributed by atoms with E-state index in [0.717, 1.165) is 25.9 Å². The molecule has 5 nitrogen and oxygen atoms in total. The molecule has 2 rings (SSSR count). The van der Waals surface area contributed by atoms with Crippen molar-refractivity contribution in [1.82, 2.24) is 4.90 Å². The van der Waals surface area contributed by atoms with Crippen molar-refractivity contribution in [3.8, 4) is 6.07 Å². The molecule has 1 fully saturated rings. The van der Waals surface area contributed by atoms with Crippen molar-refractivity contribution in [2.45, 2.75) is 12.8 Å². The highest BCUT2D eigenvalue weighted by molar-refractivity contribution is 6.34. The maximum Gasteiger partial charge on any atom is 0.267 e. The van der Waals surface area contributed by atoms with Crippen LogP contribution in [-0.4, -0.2) is 23.9 Å². The number of carbonyl (C=O) groups is 1. The minimum absolute atomic E-state index is 0.0693. The average molecular weight is 291 g/mol. The van der Waals surface area contributed by atoms with Crippen LogP contribution in [-0.2, 0) is 4.79 Å². The largest absolute Gasteiger partial charge is 0.399 e. The molecular formula is C14H15ClN4O. The number of benzene rings is 1. The fourth-order valence-corrected chi connectivity index (χ4v) is 2.25. The quantitative estimate of drug-likeness (QED) is 0.509. The molecule has 0 aromatic heterocycles. The van der Waals surface area contributed by atoms with Crippen molar-refractivity contribution >= 4 is 28.9 Å². The van der Waals surface area contributed by atoms with Crippen LogP contribution in [0, 0.1) is 11.3 Å². The summed E-state index contributed by atoms with van der Waals surface area (Å²) in [6.45, 7) is 1.75. The van der Waals surface area contributed by atoms with Crippen molar-refractivity contribution in [2.24, 2.45) is 0 Å². The average Bonchev–Trinajstić information content (AvgIpc) is 2.92. The summed E-state index contributed by atoms with van der Waals surface area (Å²) in [4.78, 5) is 14.0. The number of likely N-dealkylation sites (tertiary alicyclic amines) is 1. The zero-order valence-corrected chi connectivity index (χ0v) is 11.7. The topological polar surface area (TPSA) is 82.2 Å². The Balaban J connectivity index is 2.11. The Morgan fingerprint density at radius 1 is 1.45 bits per heavy atom. The summed E-state index contributed by atoms with van der Waals surface area (Å²) in [5, 5.41) is 12.1. The lowest BCUT2D eigenvalue weighted by Gasteiger charge is -2.12. The van der Waals surface area contributed by atoms with Gasteiger partial charge in [0.25, 0.3) is 5.91 Å². The summed E-state index contributed by atoms with van der Waals surface area (Å²) in [5.74, 6) is -0.467. The Labute approximate surface area is 122 Å². The van der Waals surface area contributed by atoms with Crippen LogP contribution in [0.2, 0.25) is 5.02 Å². The monoisotopic (exact) mass is 290 g/mol. The third-order valence-electron chi connectivity index (χ3n) is 3.06. The Hall–Kier alpha value is -2.19. The number of nitrogens with zero attached hydrogens (tertiary/aromatic N) is 2. The fraction of sp³-hybridized carbons (Fsp3) is 0.286. The number of nitrogens with one attached hydrogen (secondary N) is 1. The molecule has 3 N–H and O–H groups in total. The zero-order chi connectivity index (χ0) is 14.5. The molecule has 0 saturated carbocycles. The summed E-state index contributed by atoms with van der Waals surface area (Å²) in [6, 6.07) is 6.72. The first kappa shape index (κ1) is 14.2. The lowest BCUT2D eigenvalue weighted by Crippen LogP contribution is -2.18. The van der Waals surface area contributed by atoms with E-state index in [1.807, 2.05) is 11.0 Å². The van der Waals surface area contributed by atoms with Gasteiger partial charge in [-0.15, -0.1) is 0 Å². The second-order valence-electron chi connectivity index (χ2n) is 4.59. The molecule has 0 atom stereocenters. The standard InChI is InChI=1S/C14H15ClN4O/c15-12-7-11(17)3-4-13(12)18-14(20)10(8-16)9-19-5-1-2-6-19/h3-4,7,9H,1-2,5-6,17H2,(H,18,20)/b10-9-. The van der Waals surface area contributed by atoms with E-state index in [1.54, 1.807) is 24.4 Å². The summed E-state index contributed by atoms with van der Waals surface area (Å²) >= 11 is 5.98. The van der Waals surface area contributed by atoms with E-state index < -0.39 is 5.91 Å². The predicted octanol–water partition coefficient (Wildman–Crippen LogP) is 2.36. The van der Waals surface area contributed by atoms with Crippen molar-refractivity contribution in [3.05, 3.63) is 35.0 Å². The van der Waals surface area contributed by atoms with Crippen LogP contribution >= 0.6 is 11.6 Å². The van der Waals surface area contributed by atoms with Crippen LogP contribution in [0.4, 0.5) is 11.4 Å². The van der Waals surface area contributed by atoms with Gasteiger partial charge in [0.05, 0.1) is 10.7 Å². The Morgan fingerprint density at radius 3 is 2.75 bits per heavy atom. The first-order chi connectivity index (χ1) is 9.60. The fourth-order valence-electron chi connectivity index (χ4n) is 2.01. The summed E-state index contributed by atoms with van der Waals surface area (Å²) in [7, 11) is 0. The normalized spacial score (nSPS) is 15.0. The van der Waals surface area contributed by atoms with Gasteiger partial charge in [0.15, 0.2) is 0 Å². The van der Waals surface area contributed by atoms with Gasteiger partial charge >= 0.3 is 0 Å². The molecule has 1 aliphatic rings. The number of hydrogen-bond acceptors (Lipinski definition) is 4. The van der Waals surface area contributed by atoms with Gasteiger partial charge in [-0.2, -0.15) is 5.26 Å². The molecule has 1 heterocycles. The molecule has 104 valence electrons. The molecule has 1 aliphatic heterocycles. The van der Waals surface area contributed by atoms with E-state index in [-0.39, 0.29) is 5.57 Å². The van der Waals surface area contributed by atoms with E-state index in [1.165, 1.54) is 0 Å². The lowest BCUT2D eigenvalue weighted by molar-refractivity contribution is -0.112. The maximum absolute atomic E-state index is 12.1. The molecule has 0 radical (unpaired) electrons. The molecule has 6 heteroatoms. The number of nitriles is 1. The van der Waals surface area contributed by atoms with E-state index in [2.05, 4.69) is 5.32 Å². The lowest BCUT2D eigenvalue weighted by atomic mass is 10.2. The summed E-state index contributed by atoms with van der Waals surface area (Å²) < 4.78 is 0. The second kappa shape index (κ2) is 6.31. The van der Waals surface area contributed by atoms with Gasteiger partial charge in [0, 0.05) is 25.0 Å². The predicted molar refractivity (Wildman–Crippen MR) is 79.0 cm³/mol. The molecule has 0 bridgehead atoms. The third kappa shape index (κ3) is 3.43. The molecule has 1 amide bonds. The molecule has 0 spiro atoms. The van der Waals surface area contributed by atoms with Crippen LogP contribution in [0.3, 0.4) is 0 Å². The van der Waals surface area contributed by atoms with Gasteiger partial charge in [0.1, 0.15) is 11.6 Å². The highest BCUT2D eigenvalue weighted by atomic mass is 35.5. The van der Waals surface area contributed by atoms with Gasteiger partial charge < -0.3 is 16.0 Å². The van der Waals surface area contributed by atoms with Gasteiger partial charge in [-0.3, -0.25) is 4.79 Å². The van der Waals surface area contributed by atoms with Crippen molar-refractivity contribution in [2.75, 3.05) is 24.1 Å².